The molecule has 1 aliphatic carbocycles. The van der Waals surface area contributed by atoms with Gasteiger partial charge in [-0.25, -0.2) is 0 Å². The average Bonchev–Trinajstić information content (AvgIpc) is 3.08. The van der Waals surface area contributed by atoms with Crippen LogP contribution in [0.15, 0.2) is 24.3 Å². The topological polar surface area (TPSA) is 237 Å². The van der Waals surface area contributed by atoms with Crippen LogP contribution < -0.4 is 10.6 Å². The second-order valence-electron chi connectivity index (χ2n) is 15.0. The highest BCUT2D eigenvalue weighted by molar-refractivity contribution is 14.1. The smallest absolute Gasteiger partial charge is 0.251 e. The molecule has 51 heavy (non-hydrogen) atoms. The van der Waals surface area contributed by atoms with Crippen molar-refractivity contribution in [3.63, 3.8) is 0 Å². The van der Waals surface area contributed by atoms with E-state index in [4.69, 9.17) is 18.9 Å². The summed E-state index contributed by atoms with van der Waals surface area (Å²) < 4.78 is 24.2. The molecule has 3 aliphatic rings. The third-order valence-corrected chi connectivity index (χ3v) is 10.8. The van der Waals surface area contributed by atoms with Crippen molar-refractivity contribution in [3.8, 4) is 0 Å². The summed E-state index contributed by atoms with van der Waals surface area (Å²) in [5.74, 6) is -1.31. The molecule has 3 fully saturated rings. The summed E-state index contributed by atoms with van der Waals surface area (Å²) in [6.45, 7) is 7.28. The van der Waals surface area contributed by atoms with E-state index in [9.17, 15) is 45.3 Å². The highest BCUT2D eigenvalue weighted by atomic mass is 127. The van der Waals surface area contributed by atoms with Gasteiger partial charge < -0.3 is 65.3 Å². The molecule has 9 N–H and O–H groups in total. The Morgan fingerprint density at radius 1 is 0.882 bits per heavy atom. The third kappa shape index (κ3) is 10.8. The number of carbonyl (C=O) groups is 2. The van der Waals surface area contributed by atoms with Crippen molar-refractivity contribution in [1.29, 1.82) is 0 Å². The van der Waals surface area contributed by atoms with Gasteiger partial charge in [0.1, 0.15) is 42.7 Å². The van der Waals surface area contributed by atoms with Gasteiger partial charge in [-0.05, 0) is 84.4 Å². The van der Waals surface area contributed by atoms with Crippen molar-refractivity contribution in [2.75, 3.05) is 19.8 Å². The number of ether oxygens (including phenoxy) is 4. The Labute approximate surface area is 312 Å². The maximum Gasteiger partial charge on any atom is 0.251 e. The Morgan fingerprint density at radius 3 is 2.18 bits per heavy atom. The Balaban J connectivity index is 1.33. The van der Waals surface area contributed by atoms with Gasteiger partial charge >= 0.3 is 0 Å². The van der Waals surface area contributed by atoms with Crippen molar-refractivity contribution in [2.45, 2.75) is 133 Å². The van der Waals surface area contributed by atoms with Gasteiger partial charge in [-0.15, -0.1) is 0 Å². The van der Waals surface area contributed by atoms with Crippen LogP contribution >= 0.6 is 22.6 Å². The Hall–Kier alpha value is -1.55. The lowest BCUT2D eigenvalue weighted by molar-refractivity contribution is -0.355. The average molecular weight is 839 g/mol. The lowest BCUT2D eigenvalue weighted by Gasteiger charge is -2.51. The first-order valence-corrected chi connectivity index (χ1v) is 18.7. The van der Waals surface area contributed by atoms with Crippen LogP contribution in [0.5, 0.6) is 0 Å². The summed E-state index contributed by atoms with van der Waals surface area (Å²) in [7, 11) is 0. The summed E-state index contributed by atoms with van der Waals surface area (Å²) in [5, 5.41) is 80.0. The van der Waals surface area contributed by atoms with Gasteiger partial charge in [-0.3, -0.25) is 9.59 Å². The highest BCUT2D eigenvalue weighted by Crippen LogP contribution is 2.43. The zero-order valence-electron chi connectivity index (χ0n) is 29.5. The van der Waals surface area contributed by atoms with Gasteiger partial charge in [0.05, 0.1) is 24.9 Å². The standard InChI is InChI=1S/C35H55IN2O13/c1-17-30(50-33-28(45)25(42)22(40)16-48-33)27(44)29(46)34(49-17)51-31-21(35(2,3)4)14-19(15-39)24(26(31)43)38-23(41)8-6-5-7-13-37-32(47)18-9-11-20(36)12-10-18/h9-12,17,19,21-22,24-31,33-34,39-40,42-46H,5-8,13-16H2,1-4H3,(H,37,47)(H,38,41)/t17?,19-,21-,22-,24+,25?,26?,27?,28?,29?,30+,31?,33+,34+/m1/s1. The van der Waals surface area contributed by atoms with Crippen LogP contribution in [0.25, 0.3) is 0 Å². The summed E-state index contributed by atoms with van der Waals surface area (Å²) >= 11 is 2.17. The SMILES string of the molecule is CC1O[C@@H](OC2C(O)[C@@H](NC(=O)CCCCCNC(=O)c3ccc(I)cc3)[C@@H](CO)C[C@H]2C(C)(C)C)C(O)C(O)[C@H]1O[C@@H]1OC[C@@H](O)C(O)C1O. The van der Waals surface area contributed by atoms with Crippen LogP contribution in [0, 0.1) is 20.8 Å². The molecule has 16 heteroatoms. The van der Waals surface area contributed by atoms with Crippen LogP contribution in [0.1, 0.15) is 70.2 Å². The predicted octanol–water partition coefficient (Wildman–Crippen LogP) is -0.222. The van der Waals surface area contributed by atoms with Crippen molar-refractivity contribution in [2.24, 2.45) is 17.3 Å². The number of aliphatic hydroxyl groups excluding tert-OH is 7. The molecule has 2 aliphatic heterocycles. The molecule has 1 saturated carbocycles. The summed E-state index contributed by atoms with van der Waals surface area (Å²) in [4.78, 5) is 25.4. The number of carbonyl (C=O) groups excluding carboxylic acids is 2. The number of rotatable bonds is 13. The fourth-order valence-corrected chi connectivity index (χ4v) is 7.37. The number of hydrogen-bond acceptors (Lipinski definition) is 13. The van der Waals surface area contributed by atoms with E-state index in [-0.39, 0.29) is 37.4 Å². The Bertz CT molecular complexity index is 1270. The van der Waals surface area contributed by atoms with Crippen LogP contribution in [0.3, 0.4) is 0 Å². The molecule has 0 radical (unpaired) electrons. The lowest BCUT2D eigenvalue weighted by atomic mass is 9.64. The second kappa shape index (κ2) is 18.7. The normalized spacial score (nSPS) is 37.5. The summed E-state index contributed by atoms with van der Waals surface area (Å²) in [6, 6.07) is 6.39. The van der Waals surface area contributed by atoms with Gasteiger partial charge in [-0.2, -0.15) is 0 Å². The maximum absolute atomic E-state index is 13.1. The molecule has 0 aromatic heterocycles. The van der Waals surface area contributed by atoms with Crippen molar-refractivity contribution in [1.82, 2.24) is 10.6 Å². The number of aliphatic hydroxyl groups is 7. The number of halogens is 1. The fraction of sp³-hybridized carbons (Fsp3) is 0.771. The zero-order chi connectivity index (χ0) is 37.6. The van der Waals surface area contributed by atoms with Crippen LogP contribution in [0.4, 0.5) is 0 Å². The minimum atomic E-state index is -1.67. The first-order valence-electron chi connectivity index (χ1n) is 17.6. The number of nitrogens with one attached hydrogen (secondary N) is 2. The molecular formula is C35H55IN2O13. The largest absolute Gasteiger partial charge is 0.396 e. The molecule has 7 unspecified atom stereocenters. The molecule has 1 aromatic carbocycles. The maximum atomic E-state index is 13.1. The van der Waals surface area contributed by atoms with E-state index in [0.717, 1.165) is 3.57 Å². The number of benzene rings is 1. The molecule has 14 atom stereocenters. The minimum Gasteiger partial charge on any atom is -0.396 e. The van der Waals surface area contributed by atoms with Gasteiger partial charge in [0.2, 0.25) is 5.91 Å². The first kappa shape index (κ1) is 42.2. The van der Waals surface area contributed by atoms with Crippen molar-refractivity contribution < 1.29 is 64.3 Å². The summed E-state index contributed by atoms with van der Waals surface area (Å²) in [5.41, 5.74) is 0.135. The fourth-order valence-electron chi connectivity index (χ4n) is 7.01. The van der Waals surface area contributed by atoms with E-state index in [1.807, 2.05) is 32.9 Å². The van der Waals surface area contributed by atoms with Crippen LogP contribution in [0.2, 0.25) is 0 Å². The van der Waals surface area contributed by atoms with E-state index in [0.29, 0.717) is 37.8 Å². The molecule has 4 rings (SSSR count). The van der Waals surface area contributed by atoms with Crippen molar-refractivity contribution in [3.05, 3.63) is 33.4 Å². The number of amides is 2. The van der Waals surface area contributed by atoms with Crippen LogP contribution in [-0.2, 0) is 23.7 Å². The molecule has 0 bridgehead atoms. The zero-order valence-corrected chi connectivity index (χ0v) is 31.7. The molecule has 2 saturated heterocycles. The van der Waals surface area contributed by atoms with Gasteiger partial charge in [0.25, 0.3) is 5.91 Å². The highest BCUT2D eigenvalue weighted by Gasteiger charge is 2.53. The minimum absolute atomic E-state index is 0.157. The third-order valence-electron chi connectivity index (χ3n) is 10.1. The monoisotopic (exact) mass is 838 g/mol. The van der Waals surface area contributed by atoms with Gasteiger partial charge in [0, 0.05) is 34.6 Å². The van der Waals surface area contributed by atoms with Gasteiger partial charge in [-0.1, -0.05) is 27.2 Å². The van der Waals surface area contributed by atoms with Gasteiger partial charge in [0.15, 0.2) is 12.6 Å². The molecular weight excluding hydrogens is 783 g/mol. The predicted molar refractivity (Wildman–Crippen MR) is 190 cm³/mol. The quantitative estimate of drug-likeness (QED) is 0.0925. The molecule has 1 aromatic rings. The molecule has 2 amide bonds. The van der Waals surface area contributed by atoms with E-state index in [1.54, 1.807) is 19.1 Å². The molecule has 290 valence electrons. The van der Waals surface area contributed by atoms with E-state index < -0.39 is 84.9 Å². The second-order valence-corrected chi connectivity index (χ2v) is 16.2. The van der Waals surface area contributed by atoms with E-state index in [2.05, 4.69) is 33.2 Å². The molecule has 15 nitrogen and oxygen atoms in total. The Kier molecular flexibility index (Phi) is 15.4. The van der Waals surface area contributed by atoms with E-state index in [1.165, 1.54) is 0 Å². The van der Waals surface area contributed by atoms with Crippen LogP contribution in [-0.4, -0.2) is 141 Å². The number of hydrogen-bond donors (Lipinski definition) is 9. The van der Waals surface area contributed by atoms with Crippen molar-refractivity contribution >= 4 is 34.4 Å². The van der Waals surface area contributed by atoms with E-state index >= 15 is 0 Å². The molecule has 2 heterocycles. The molecule has 0 spiro atoms. The Morgan fingerprint density at radius 2 is 1.53 bits per heavy atom. The summed E-state index contributed by atoms with van der Waals surface area (Å²) in [6.07, 6.45) is -12.5. The lowest BCUT2D eigenvalue weighted by Crippen LogP contribution is -2.65. The number of unbranched alkanes of at least 4 members (excludes halogenated alkanes) is 2. The first-order chi connectivity index (χ1) is 24.0.